The van der Waals surface area contributed by atoms with Crippen LogP contribution in [-0.4, -0.2) is 40.1 Å². The van der Waals surface area contributed by atoms with E-state index in [0.29, 0.717) is 24.4 Å². The third kappa shape index (κ3) is 2.65. The topological polar surface area (TPSA) is 80.4 Å². The number of nitrogens with one attached hydrogen (secondary N) is 1. The minimum Gasteiger partial charge on any atom is -0.451 e. The van der Waals surface area contributed by atoms with Gasteiger partial charge in [-0.3, -0.25) is 14.3 Å². The monoisotopic (exact) mass is 352 g/mol. The van der Waals surface area contributed by atoms with Crippen LogP contribution >= 0.6 is 0 Å². The minimum absolute atomic E-state index is 0.0781. The molecule has 7 heteroatoms. The molecular formula is C19H20N4O3. The zero-order valence-corrected chi connectivity index (χ0v) is 14.7. The molecule has 0 bridgehead atoms. The van der Waals surface area contributed by atoms with Crippen molar-refractivity contribution in [3.63, 3.8) is 0 Å². The molecule has 1 atom stereocenters. The Morgan fingerprint density at radius 2 is 2.12 bits per heavy atom. The van der Waals surface area contributed by atoms with E-state index in [1.54, 1.807) is 18.1 Å². The summed E-state index contributed by atoms with van der Waals surface area (Å²) in [6, 6.07) is 9.31. The van der Waals surface area contributed by atoms with Crippen LogP contribution in [0.2, 0.25) is 0 Å². The molecular weight excluding hydrogens is 332 g/mol. The summed E-state index contributed by atoms with van der Waals surface area (Å²) in [5.74, 6) is 0.122. The standard InChI is InChI=1S/C19H20N4O3/c1-12-15-5-3-4-6-16(15)26-18(12)19(25)22-10-13-7-8-21-23(13)14(11-22)9-17(24)20-2/h3-8,14H,9-11H2,1-2H3,(H,20,24)/t14-/m1/s1. The van der Waals surface area contributed by atoms with Crippen LogP contribution in [0.3, 0.4) is 0 Å². The van der Waals surface area contributed by atoms with E-state index >= 15 is 0 Å². The maximum Gasteiger partial charge on any atom is 0.290 e. The molecule has 0 unspecified atom stereocenters. The highest BCUT2D eigenvalue weighted by molar-refractivity contribution is 5.99. The second kappa shape index (κ2) is 6.33. The van der Waals surface area contributed by atoms with E-state index in [1.807, 2.05) is 41.9 Å². The van der Waals surface area contributed by atoms with Crippen LogP contribution < -0.4 is 5.32 Å². The molecule has 134 valence electrons. The lowest BCUT2D eigenvalue weighted by atomic mass is 10.1. The average Bonchev–Trinajstić information content (AvgIpc) is 3.26. The Hall–Kier alpha value is -3.09. The molecule has 2 aromatic heterocycles. The number of amides is 2. The Bertz CT molecular complexity index is 988. The summed E-state index contributed by atoms with van der Waals surface area (Å²) in [6.45, 7) is 2.76. The number of hydrogen-bond donors (Lipinski definition) is 1. The molecule has 0 saturated carbocycles. The summed E-state index contributed by atoms with van der Waals surface area (Å²) in [7, 11) is 1.61. The van der Waals surface area contributed by atoms with Gasteiger partial charge in [0.1, 0.15) is 5.58 Å². The van der Waals surface area contributed by atoms with Gasteiger partial charge in [-0.1, -0.05) is 18.2 Å². The number of fused-ring (bicyclic) bond motifs is 2. The maximum absolute atomic E-state index is 13.1. The fourth-order valence-corrected chi connectivity index (χ4v) is 3.53. The van der Waals surface area contributed by atoms with Gasteiger partial charge in [-0.2, -0.15) is 5.10 Å². The first-order valence-electron chi connectivity index (χ1n) is 8.59. The lowest BCUT2D eigenvalue weighted by molar-refractivity contribution is -0.121. The number of hydrogen-bond acceptors (Lipinski definition) is 4. The average molecular weight is 352 g/mol. The highest BCUT2D eigenvalue weighted by Crippen LogP contribution is 2.29. The lowest BCUT2D eigenvalue weighted by Crippen LogP contribution is -2.42. The van der Waals surface area contributed by atoms with Gasteiger partial charge in [-0.05, 0) is 19.1 Å². The van der Waals surface area contributed by atoms with Crippen molar-refractivity contribution in [1.82, 2.24) is 20.0 Å². The van der Waals surface area contributed by atoms with Crippen LogP contribution in [0.25, 0.3) is 11.0 Å². The third-order valence-corrected chi connectivity index (χ3v) is 4.91. The summed E-state index contributed by atoms with van der Waals surface area (Å²) < 4.78 is 7.67. The molecule has 1 aliphatic rings. The highest BCUT2D eigenvalue weighted by atomic mass is 16.3. The number of aromatic nitrogens is 2. The molecule has 2 amide bonds. The number of furan rings is 1. The van der Waals surface area contributed by atoms with Gasteiger partial charge in [0.15, 0.2) is 5.76 Å². The predicted octanol–water partition coefficient (Wildman–Crippen LogP) is 2.27. The SMILES string of the molecule is CNC(=O)C[C@@H]1CN(C(=O)c2oc3ccccc3c2C)Cc2ccnn21. The second-order valence-electron chi connectivity index (χ2n) is 6.54. The van der Waals surface area contributed by atoms with E-state index in [-0.39, 0.29) is 24.3 Å². The molecule has 1 N–H and O–H groups in total. The summed E-state index contributed by atoms with van der Waals surface area (Å²) in [5, 5.41) is 7.90. The molecule has 0 fully saturated rings. The number of nitrogens with zero attached hydrogens (tertiary/aromatic N) is 3. The van der Waals surface area contributed by atoms with Crippen molar-refractivity contribution < 1.29 is 14.0 Å². The fourth-order valence-electron chi connectivity index (χ4n) is 3.53. The van der Waals surface area contributed by atoms with Gasteiger partial charge in [0.05, 0.1) is 24.7 Å². The number of aryl methyl sites for hydroxylation is 1. The molecule has 0 saturated heterocycles. The molecule has 4 rings (SSSR count). The minimum atomic E-state index is -0.192. The third-order valence-electron chi connectivity index (χ3n) is 4.91. The first-order chi connectivity index (χ1) is 12.6. The first kappa shape index (κ1) is 16.4. The fraction of sp³-hybridized carbons (Fsp3) is 0.316. The summed E-state index contributed by atoms with van der Waals surface area (Å²) in [5.41, 5.74) is 2.46. The Balaban J connectivity index is 1.66. The van der Waals surface area contributed by atoms with E-state index in [0.717, 1.165) is 16.6 Å². The van der Waals surface area contributed by atoms with Gasteiger partial charge in [-0.25, -0.2) is 0 Å². The maximum atomic E-state index is 13.1. The normalized spacial score (nSPS) is 16.5. The van der Waals surface area contributed by atoms with E-state index in [9.17, 15) is 9.59 Å². The molecule has 0 spiro atoms. The smallest absolute Gasteiger partial charge is 0.290 e. The van der Waals surface area contributed by atoms with Crippen molar-refractivity contribution in [3.8, 4) is 0 Å². The quantitative estimate of drug-likeness (QED) is 0.784. The van der Waals surface area contributed by atoms with Crippen LogP contribution in [0, 0.1) is 6.92 Å². The number of para-hydroxylation sites is 1. The predicted molar refractivity (Wildman–Crippen MR) is 95.6 cm³/mol. The highest BCUT2D eigenvalue weighted by Gasteiger charge is 2.32. The summed E-state index contributed by atoms with van der Waals surface area (Å²) in [6.07, 6.45) is 1.97. The Morgan fingerprint density at radius 1 is 1.31 bits per heavy atom. The number of carbonyl (C=O) groups excluding carboxylic acids is 2. The molecule has 3 heterocycles. The van der Waals surface area contributed by atoms with Crippen molar-refractivity contribution >= 4 is 22.8 Å². The largest absolute Gasteiger partial charge is 0.451 e. The molecule has 7 nitrogen and oxygen atoms in total. The second-order valence-corrected chi connectivity index (χ2v) is 6.54. The first-order valence-corrected chi connectivity index (χ1v) is 8.59. The number of carbonyl (C=O) groups is 2. The van der Waals surface area contributed by atoms with Crippen LogP contribution in [0.15, 0.2) is 40.9 Å². The van der Waals surface area contributed by atoms with Gasteiger partial charge >= 0.3 is 0 Å². The van der Waals surface area contributed by atoms with Crippen molar-refractivity contribution in [1.29, 1.82) is 0 Å². The Labute approximate surface area is 150 Å². The molecule has 1 aliphatic heterocycles. The van der Waals surface area contributed by atoms with E-state index < -0.39 is 0 Å². The zero-order valence-electron chi connectivity index (χ0n) is 14.7. The van der Waals surface area contributed by atoms with Gasteiger partial charge in [-0.15, -0.1) is 0 Å². The molecule has 0 radical (unpaired) electrons. The van der Waals surface area contributed by atoms with Crippen molar-refractivity contribution in [2.45, 2.75) is 25.9 Å². The van der Waals surface area contributed by atoms with E-state index in [4.69, 9.17) is 4.42 Å². The molecule has 0 aliphatic carbocycles. The molecule has 26 heavy (non-hydrogen) atoms. The Morgan fingerprint density at radius 3 is 2.88 bits per heavy atom. The van der Waals surface area contributed by atoms with Crippen molar-refractivity contribution in [2.24, 2.45) is 0 Å². The molecule has 1 aromatic carbocycles. The lowest BCUT2D eigenvalue weighted by Gasteiger charge is -2.33. The van der Waals surface area contributed by atoms with Gasteiger partial charge < -0.3 is 14.6 Å². The summed E-state index contributed by atoms with van der Waals surface area (Å²) in [4.78, 5) is 26.7. The Kier molecular flexibility index (Phi) is 3.99. The van der Waals surface area contributed by atoms with E-state index in [2.05, 4.69) is 10.4 Å². The van der Waals surface area contributed by atoms with Gasteiger partial charge in [0.2, 0.25) is 5.91 Å². The number of rotatable bonds is 3. The summed E-state index contributed by atoms with van der Waals surface area (Å²) >= 11 is 0. The molecule has 3 aromatic rings. The van der Waals surface area contributed by atoms with Gasteiger partial charge in [0.25, 0.3) is 5.91 Å². The van der Waals surface area contributed by atoms with Gasteiger partial charge in [0, 0.05) is 30.7 Å². The van der Waals surface area contributed by atoms with Crippen LogP contribution in [0.5, 0.6) is 0 Å². The number of benzene rings is 1. The zero-order chi connectivity index (χ0) is 18.3. The van der Waals surface area contributed by atoms with Crippen molar-refractivity contribution in [3.05, 3.63) is 53.5 Å². The van der Waals surface area contributed by atoms with E-state index in [1.165, 1.54) is 0 Å². The van der Waals surface area contributed by atoms with Crippen LogP contribution in [0.4, 0.5) is 0 Å². The van der Waals surface area contributed by atoms with Crippen LogP contribution in [0.1, 0.15) is 34.3 Å². The van der Waals surface area contributed by atoms with Crippen molar-refractivity contribution in [2.75, 3.05) is 13.6 Å². The van der Waals surface area contributed by atoms with Crippen LogP contribution in [-0.2, 0) is 11.3 Å².